The number of benzene rings is 3. The predicted octanol–water partition coefficient (Wildman–Crippen LogP) is 8.51. The number of nitrogens with one attached hydrogen (secondary N) is 1. The first kappa shape index (κ1) is 32.8. The molecule has 9 nitrogen and oxygen atoms in total. The monoisotopic (exact) mass is 671 g/mol. The summed E-state index contributed by atoms with van der Waals surface area (Å²) in [4.78, 5) is 19.7. The van der Waals surface area contributed by atoms with Crippen LogP contribution in [0.3, 0.4) is 0 Å². The summed E-state index contributed by atoms with van der Waals surface area (Å²) in [6.45, 7) is 6.71. The summed E-state index contributed by atoms with van der Waals surface area (Å²) in [6, 6.07) is 21.3. The second-order valence-electron chi connectivity index (χ2n) is 13.6. The molecule has 6 aromatic rings. The van der Waals surface area contributed by atoms with Crippen molar-refractivity contribution in [2.24, 2.45) is 11.3 Å². The van der Waals surface area contributed by atoms with Gasteiger partial charge in [0.05, 0.1) is 43.8 Å². The molecule has 0 saturated carbocycles. The van der Waals surface area contributed by atoms with Crippen LogP contribution in [0.5, 0.6) is 17.2 Å². The van der Waals surface area contributed by atoms with Crippen molar-refractivity contribution in [1.29, 1.82) is 0 Å². The summed E-state index contributed by atoms with van der Waals surface area (Å²) in [6.07, 6.45) is 5.36. The Hall–Kier alpha value is -5.77. The smallest absolute Gasteiger partial charge is 0.256 e. The standard InChI is InChI=1S/C40H38FN5O4/c1-40(2,3)26-20-25(17-23-18-32(48-4)37(50-6)33(19-23)49-5)36-30(21-26)35(29-9-7-8-10-31(29)43-36)39(47)42-28-15-16-34-44-45-38(46(34)22-28)24-11-13-27(41)14-12-24/h7-19,22,26H,20-21H2,1-6H3,(H,42,47)/b25-17-. The van der Waals surface area contributed by atoms with E-state index in [0.29, 0.717) is 52.0 Å². The van der Waals surface area contributed by atoms with Gasteiger partial charge in [-0.05, 0) is 102 Å². The van der Waals surface area contributed by atoms with Crippen LogP contribution in [-0.2, 0) is 6.42 Å². The zero-order valence-corrected chi connectivity index (χ0v) is 28.9. The largest absolute Gasteiger partial charge is 0.493 e. The van der Waals surface area contributed by atoms with E-state index in [9.17, 15) is 9.18 Å². The van der Waals surface area contributed by atoms with Crippen LogP contribution in [0.25, 0.3) is 39.6 Å². The maximum atomic E-state index is 14.5. The Morgan fingerprint density at radius 2 is 1.64 bits per heavy atom. The molecule has 1 aliphatic carbocycles. The summed E-state index contributed by atoms with van der Waals surface area (Å²) in [7, 11) is 4.78. The lowest BCUT2D eigenvalue weighted by Gasteiger charge is -2.37. The van der Waals surface area contributed by atoms with Crippen LogP contribution in [0.15, 0.2) is 79.0 Å². The van der Waals surface area contributed by atoms with Gasteiger partial charge in [0.25, 0.3) is 5.91 Å². The number of allylic oxidation sites excluding steroid dienone is 1. The molecule has 254 valence electrons. The lowest BCUT2D eigenvalue weighted by atomic mass is 9.69. The van der Waals surface area contributed by atoms with Crippen molar-refractivity contribution in [2.75, 3.05) is 26.6 Å². The molecule has 1 amide bonds. The highest BCUT2D eigenvalue weighted by Crippen LogP contribution is 2.46. The second-order valence-corrected chi connectivity index (χ2v) is 13.6. The number of carbonyl (C=O) groups excluding carboxylic acids is 1. The number of methoxy groups -OCH3 is 3. The number of fused-ring (bicyclic) bond motifs is 3. The average molecular weight is 672 g/mol. The number of anilines is 1. The molecule has 1 aliphatic rings. The molecule has 1 unspecified atom stereocenters. The summed E-state index contributed by atoms with van der Waals surface area (Å²) in [5.41, 5.74) is 6.75. The molecule has 0 spiro atoms. The van der Waals surface area contributed by atoms with Crippen LogP contribution in [-0.4, -0.2) is 46.8 Å². The lowest BCUT2D eigenvalue weighted by molar-refractivity contribution is 0.102. The van der Waals surface area contributed by atoms with Gasteiger partial charge in [0, 0.05) is 17.1 Å². The van der Waals surface area contributed by atoms with Crippen molar-refractivity contribution in [2.45, 2.75) is 33.6 Å². The molecular weight excluding hydrogens is 633 g/mol. The number of ether oxygens (including phenoxy) is 3. The molecule has 10 heteroatoms. The van der Waals surface area contributed by atoms with E-state index in [2.05, 4.69) is 42.4 Å². The Morgan fingerprint density at radius 3 is 2.32 bits per heavy atom. The van der Waals surface area contributed by atoms with Crippen LogP contribution < -0.4 is 19.5 Å². The highest BCUT2D eigenvalue weighted by atomic mass is 19.1. The minimum Gasteiger partial charge on any atom is -0.493 e. The molecule has 1 atom stereocenters. The fourth-order valence-corrected chi connectivity index (χ4v) is 6.74. The molecule has 3 aromatic heterocycles. The Morgan fingerprint density at radius 1 is 0.920 bits per heavy atom. The van der Waals surface area contributed by atoms with Crippen molar-refractivity contribution in [3.8, 4) is 28.6 Å². The molecule has 3 aromatic carbocycles. The maximum Gasteiger partial charge on any atom is 0.256 e. The summed E-state index contributed by atoms with van der Waals surface area (Å²) < 4.78 is 32.3. The minimum atomic E-state index is -0.335. The first-order valence-electron chi connectivity index (χ1n) is 16.4. The van der Waals surface area contributed by atoms with Gasteiger partial charge in [-0.1, -0.05) is 39.0 Å². The SMILES string of the molecule is COc1cc(/C=C2/CC(C(C)(C)C)Cc3c2nc2ccccc2c3C(=O)Nc2ccc3nnc(-c4ccc(F)cc4)n3c2)cc(OC)c1OC. The quantitative estimate of drug-likeness (QED) is 0.182. The van der Waals surface area contributed by atoms with E-state index < -0.39 is 0 Å². The van der Waals surface area contributed by atoms with Gasteiger partial charge >= 0.3 is 0 Å². The summed E-state index contributed by atoms with van der Waals surface area (Å²) in [5.74, 6) is 1.83. The molecule has 0 bridgehead atoms. The number of nitrogens with zero attached hydrogens (tertiary/aromatic N) is 4. The van der Waals surface area contributed by atoms with Crippen molar-refractivity contribution >= 4 is 39.8 Å². The predicted molar refractivity (Wildman–Crippen MR) is 193 cm³/mol. The highest BCUT2D eigenvalue weighted by molar-refractivity contribution is 6.14. The molecule has 0 aliphatic heterocycles. The van der Waals surface area contributed by atoms with Gasteiger partial charge in [0.15, 0.2) is 23.0 Å². The molecule has 1 N–H and O–H groups in total. The van der Waals surface area contributed by atoms with Crippen LogP contribution in [0.4, 0.5) is 10.1 Å². The van der Waals surface area contributed by atoms with E-state index >= 15 is 0 Å². The van der Waals surface area contributed by atoms with Crippen LogP contribution in [0, 0.1) is 17.2 Å². The van der Waals surface area contributed by atoms with E-state index in [4.69, 9.17) is 19.2 Å². The summed E-state index contributed by atoms with van der Waals surface area (Å²) >= 11 is 0. The van der Waals surface area contributed by atoms with Crippen LogP contribution in [0.2, 0.25) is 0 Å². The van der Waals surface area contributed by atoms with Crippen molar-refractivity contribution in [1.82, 2.24) is 19.6 Å². The minimum absolute atomic E-state index is 0.0539. The van der Waals surface area contributed by atoms with Crippen molar-refractivity contribution in [3.63, 3.8) is 0 Å². The highest BCUT2D eigenvalue weighted by Gasteiger charge is 2.35. The molecular formula is C40H38FN5O4. The fourth-order valence-electron chi connectivity index (χ4n) is 6.74. The van der Waals surface area contributed by atoms with Gasteiger partial charge in [-0.15, -0.1) is 10.2 Å². The van der Waals surface area contributed by atoms with Gasteiger partial charge in [0.2, 0.25) is 5.75 Å². The number of rotatable bonds is 7. The Kier molecular flexibility index (Phi) is 8.47. The number of hydrogen-bond donors (Lipinski definition) is 1. The van der Waals surface area contributed by atoms with E-state index in [1.54, 1.807) is 56.2 Å². The number of para-hydroxylation sites is 1. The molecule has 50 heavy (non-hydrogen) atoms. The van der Waals surface area contributed by atoms with Crippen molar-refractivity contribution < 1.29 is 23.4 Å². The van der Waals surface area contributed by atoms with Gasteiger partial charge in [-0.2, -0.15) is 0 Å². The number of pyridine rings is 2. The normalized spacial score (nSPS) is 15.3. The lowest BCUT2D eigenvalue weighted by Crippen LogP contribution is -2.29. The Bertz CT molecular complexity index is 2260. The fraction of sp³-hybridized carbons (Fsp3) is 0.250. The van der Waals surface area contributed by atoms with Gasteiger partial charge in [-0.3, -0.25) is 9.20 Å². The van der Waals surface area contributed by atoms with Crippen molar-refractivity contribution in [3.05, 3.63) is 107 Å². The third kappa shape index (κ3) is 6.02. The first-order valence-corrected chi connectivity index (χ1v) is 16.4. The number of hydrogen-bond acceptors (Lipinski definition) is 7. The Balaban J connectivity index is 1.36. The summed E-state index contributed by atoms with van der Waals surface area (Å²) in [5, 5.41) is 12.5. The first-order chi connectivity index (χ1) is 24.1. The van der Waals surface area contributed by atoms with Gasteiger partial charge in [-0.25, -0.2) is 9.37 Å². The number of halogens is 1. The van der Waals surface area contributed by atoms with Gasteiger partial charge in [0.1, 0.15) is 5.82 Å². The number of carbonyl (C=O) groups is 1. The topological polar surface area (TPSA) is 99.9 Å². The average Bonchev–Trinajstić information content (AvgIpc) is 3.53. The van der Waals surface area contributed by atoms with E-state index in [1.165, 1.54) is 12.1 Å². The molecule has 7 rings (SSSR count). The van der Waals surface area contributed by atoms with E-state index in [1.807, 2.05) is 36.4 Å². The van der Waals surface area contributed by atoms with E-state index in [-0.39, 0.29) is 23.1 Å². The number of amides is 1. The maximum absolute atomic E-state index is 14.5. The molecule has 3 heterocycles. The molecule has 0 saturated heterocycles. The number of aromatic nitrogens is 4. The third-order valence-electron chi connectivity index (χ3n) is 9.46. The molecule has 0 radical (unpaired) electrons. The third-order valence-corrected chi connectivity index (χ3v) is 9.46. The van der Waals surface area contributed by atoms with E-state index in [0.717, 1.165) is 39.7 Å². The van der Waals surface area contributed by atoms with Crippen LogP contribution in [0.1, 0.15) is 54.4 Å². The van der Waals surface area contributed by atoms with Gasteiger partial charge < -0.3 is 19.5 Å². The Labute approximate surface area is 289 Å². The molecule has 0 fully saturated rings. The second kappa shape index (κ2) is 12.9. The zero-order chi connectivity index (χ0) is 35.2. The van der Waals surface area contributed by atoms with Crippen LogP contribution >= 0.6 is 0 Å². The zero-order valence-electron chi connectivity index (χ0n) is 28.9.